The van der Waals surface area contributed by atoms with E-state index in [0.29, 0.717) is 27.9 Å². The van der Waals surface area contributed by atoms with Crippen molar-refractivity contribution in [2.75, 3.05) is 6.61 Å². The number of hydrogen-bond acceptors (Lipinski definition) is 2. The Morgan fingerprint density at radius 2 is 2.19 bits per heavy atom. The molecule has 0 atom stereocenters. The van der Waals surface area contributed by atoms with E-state index in [2.05, 4.69) is 11.6 Å². The van der Waals surface area contributed by atoms with Gasteiger partial charge >= 0.3 is 0 Å². The van der Waals surface area contributed by atoms with Crippen LogP contribution in [-0.4, -0.2) is 11.6 Å². The van der Waals surface area contributed by atoms with Crippen LogP contribution in [-0.2, 0) is 0 Å². The monoisotopic (exact) mass is 253 g/mol. The second-order valence-corrected chi connectivity index (χ2v) is 3.98. The number of halogens is 2. The van der Waals surface area contributed by atoms with E-state index in [1.807, 2.05) is 12.1 Å². The van der Waals surface area contributed by atoms with Crippen molar-refractivity contribution in [1.29, 1.82) is 0 Å². The zero-order valence-electron chi connectivity index (χ0n) is 8.41. The highest BCUT2D eigenvalue weighted by molar-refractivity contribution is 6.39. The fourth-order valence-electron chi connectivity index (χ4n) is 1.43. The Morgan fingerprint density at radius 1 is 1.38 bits per heavy atom. The van der Waals surface area contributed by atoms with Crippen molar-refractivity contribution in [3.05, 3.63) is 47.1 Å². The molecule has 2 rings (SSSR count). The van der Waals surface area contributed by atoms with E-state index < -0.39 is 0 Å². The van der Waals surface area contributed by atoms with Gasteiger partial charge in [0, 0.05) is 11.6 Å². The molecule has 4 heteroatoms. The SMILES string of the molecule is C=CCOc1c(Cl)cc(Cl)c2cccnc12. The molecule has 0 fully saturated rings. The summed E-state index contributed by atoms with van der Waals surface area (Å²) < 4.78 is 5.48. The summed E-state index contributed by atoms with van der Waals surface area (Å²) in [6, 6.07) is 5.35. The van der Waals surface area contributed by atoms with Gasteiger partial charge in [-0.2, -0.15) is 0 Å². The van der Waals surface area contributed by atoms with Crippen LogP contribution < -0.4 is 4.74 Å². The van der Waals surface area contributed by atoms with Gasteiger partial charge < -0.3 is 4.74 Å². The molecule has 0 saturated carbocycles. The maximum atomic E-state index is 6.07. The Kier molecular flexibility index (Phi) is 3.32. The average molecular weight is 254 g/mol. The molecule has 16 heavy (non-hydrogen) atoms. The van der Waals surface area contributed by atoms with Crippen LogP contribution >= 0.6 is 23.2 Å². The van der Waals surface area contributed by atoms with Crippen LogP contribution in [0.5, 0.6) is 5.75 Å². The summed E-state index contributed by atoms with van der Waals surface area (Å²) in [5.74, 6) is 0.543. The Bertz CT molecular complexity index is 540. The lowest BCUT2D eigenvalue weighted by molar-refractivity contribution is 0.367. The molecule has 0 N–H and O–H groups in total. The second-order valence-electron chi connectivity index (χ2n) is 3.17. The molecule has 0 spiro atoms. The number of aromatic nitrogens is 1. The first-order chi connectivity index (χ1) is 7.74. The number of fused-ring (bicyclic) bond motifs is 1. The van der Waals surface area contributed by atoms with E-state index in [1.165, 1.54) is 0 Å². The molecular formula is C12H9Cl2NO. The van der Waals surface area contributed by atoms with E-state index in [9.17, 15) is 0 Å². The summed E-state index contributed by atoms with van der Waals surface area (Å²) in [7, 11) is 0. The average Bonchev–Trinajstić information content (AvgIpc) is 2.29. The summed E-state index contributed by atoms with van der Waals surface area (Å²) >= 11 is 12.1. The molecule has 0 amide bonds. The van der Waals surface area contributed by atoms with Gasteiger partial charge in [-0.15, -0.1) is 0 Å². The van der Waals surface area contributed by atoms with E-state index in [-0.39, 0.29) is 0 Å². The summed E-state index contributed by atoms with van der Waals surface area (Å²) in [6.45, 7) is 3.97. The molecule has 0 aliphatic carbocycles. The molecule has 1 heterocycles. The largest absolute Gasteiger partial charge is 0.486 e. The van der Waals surface area contributed by atoms with Gasteiger partial charge in [0.2, 0.25) is 0 Å². The zero-order valence-corrected chi connectivity index (χ0v) is 9.92. The van der Waals surface area contributed by atoms with E-state index >= 15 is 0 Å². The predicted molar refractivity (Wildman–Crippen MR) is 67.5 cm³/mol. The van der Waals surface area contributed by atoms with Crippen molar-refractivity contribution in [3.63, 3.8) is 0 Å². The standard InChI is InChI=1S/C12H9Cl2NO/c1-2-6-16-12-10(14)7-9(13)8-4-3-5-15-11(8)12/h2-5,7H,1,6H2. The summed E-state index contributed by atoms with van der Waals surface area (Å²) in [5.41, 5.74) is 0.668. The Balaban J connectivity index is 2.66. The Labute approximate surface area is 103 Å². The highest BCUT2D eigenvalue weighted by Gasteiger charge is 2.11. The van der Waals surface area contributed by atoms with Crippen LogP contribution in [0.25, 0.3) is 10.9 Å². The van der Waals surface area contributed by atoms with Crippen molar-refractivity contribution in [1.82, 2.24) is 4.98 Å². The zero-order chi connectivity index (χ0) is 11.5. The van der Waals surface area contributed by atoms with E-state index in [0.717, 1.165) is 5.39 Å². The fourth-order valence-corrected chi connectivity index (χ4v) is 2.00. The smallest absolute Gasteiger partial charge is 0.164 e. The van der Waals surface area contributed by atoms with Crippen LogP contribution in [0.1, 0.15) is 0 Å². The van der Waals surface area contributed by atoms with Crippen molar-refractivity contribution in [2.45, 2.75) is 0 Å². The third-order valence-corrected chi connectivity index (χ3v) is 2.69. The molecule has 2 aromatic rings. The highest BCUT2D eigenvalue weighted by atomic mass is 35.5. The maximum absolute atomic E-state index is 6.07. The molecule has 82 valence electrons. The van der Waals surface area contributed by atoms with Crippen LogP contribution in [0.4, 0.5) is 0 Å². The van der Waals surface area contributed by atoms with Gasteiger partial charge in [0.25, 0.3) is 0 Å². The Morgan fingerprint density at radius 3 is 2.94 bits per heavy atom. The minimum atomic E-state index is 0.382. The van der Waals surface area contributed by atoms with E-state index in [4.69, 9.17) is 27.9 Å². The first-order valence-electron chi connectivity index (χ1n) is 4.70. The topological polar surface area (TPSA) is 22.1 Å². The molecule has 0 bridgehead atoms. The highest BCUT2D eigenvalue weighted by Crippen LogP contribution is 2.36. The predicted octanol–water partition coefficient (Wildman–Crippen LogP) is 4.11. The molecular weight excluding hydrogens is 245 g/mol. The molecule has 0 aliphatic rings. The molecule has 0 radical (unpaired) electrons. The normalized spacial score (nSPS) is 10.4. The number of ether oxygens (including phenoxy) is 1. The lowest BCUT2D eigenvalue weighted by atomic mass is 10.2. The lowest BCUT2D eigenvalue weighted by Crippen LogP contribution is -1.96. The number of benzene rings is 1. The number of hydrogen-bond donors (Lipinski definition) is 0. The summed E-state index contributed by atoms with van der Waals surface area (Å²) in [4.78, 5) is 4.23. The molecule has 1 aromatic heterocycles. The molecule has 0 aliphatic heterocycles. The quantitative estimate of drug-likeness (QED) is 0.769. The first kappa shape index (κ1) is 11.2. The Hall–Kier alpha value is -1.25. The van der Waals surface area contributed by atoms with Gasteiger partial charge in [-0.1, -0.05) is 35.9 Å². The van der Waals surface area contributed by atoms with Crippen molar-refractivity contribution in [3.8, 4) is 5.75 Å². The number of pyridine rings is 1. The van der Waals surface area contributed by atoms with Crippen LogP contribution in [0.15, 0.2) is 37.1 Å². The molecule has 2 nitrogen and oxygen atoms in total. The minimum absolute atomic E-state index is 0.382. The van der Waals surface area contributed by atoms with Crippen molar-refractivity contribution >= 4 is 34.1 Å². The summed E-state index contributed by atoms with van der Waals surface area (Å²) in [5, 5.41) is 1.85. The van der Waals surface area contributed by atoms with Gasteiger partial charge in [-0.05, 0) is 18.2 Å². The van der Waals surface area contributed by atoms with Gasteiger partial charge in [-0.25, -0.2) is 0 Å². The van der Waals surface area contributed by atoms with Crippen LogP contribution in [0, 0.1) is 0 Å². The molecule has 0 unspecified atom stereocenters. The first-order valence-corrected chi connectivity index (χ1v) is 5.46. The minimum Gasteiger partial charge on any atom is -0.486 e. The van der Waals surface area contributed by atoms with Gasteiger partial charge in [-0.3, -0.25) is 4.98 Å². The third kappa shape index (κ3) is 1.99. The lowest BCUT2D eigenvalue weighted by Gasteiger charge is -2.09. The van der Waals surface area contributed by atoms with Gasteiger partial charge in [0.05, 0.1) is 10.0 Å². The number of nitrogens with zero attached hydrogens (tertiary/aromatic N) is 1. The van der Waals surface area contributed by atoms with Crippen LogP contribution in [0.2, 0.25) is 10.0 Å². The van der Waals surface area contributed by atoms with Crippen LogP contribution in [0.3, 0.4) is 0 Å². The second kappa shape index (κ2) is 4.73. The number of rotatable bonds is 3. The summed E-state index contributed by atoms with van der Waals surface area (Å²) in [6.07, 6.45) is 3.33. The maximum Gasteiger partial charge on any atom is 0.164 e. The van der Waals surface area contributed by atoms with E-state index in [1.54, 1.807) is 18.3 Å². The van der Waals surface area contributed by atoms with Gasteiger partial charge in [0.15, 0.2) is 5.75 Å². The van der Waals surface area contributed by atoms with Gasteiger partial charge in [0.1, 0.15) is 12.1 Å². The van der Waals surface area contributed by atoms with Crippen molar-refractivity contribution in [2.24, 2.45) is 0 Å². The molecule has 0 saturated heterocycles. The third-order valence-electron chi connectivity index (χ3n) is 2.10. The fraction of sp³-hybridized carbons (Fsp3) is 0.0833. The molecule has 1 aromatic carbocycles. The van der Waals surface area contributed by atoms with Crippen molar-refractivity contribution < 1.29 is 4.74 Å².